The van der Waals surface area contributed by atoms with Crippen molar-refractivity contribution in [2.24, 2.45) is 0 Å². The number of pyridine rings is 1. The minimum atomic E-state index is 0.739. The van der Waals surface area contributed by atoms with Crippen LogP contribution in [0.5, 0.6) is 0 Å². The Morgan fingerprint density at radius 1 is 1.05 bits per heavy atom. The Bertz CT molecular complexity index is 1610. The van der Waals surface area contributed by atoms with Crippen molar-refractivity contribution in [2.45, 2.75) is 13.8 Å². The molecule has 0 spiro atoms. The first-order valence-electron chi connectivity index (χ1n) is 13.4. The van der Waals surface area contributed by atoms with E-state index in [2.05, 4.69) is 113 Å². The van der Waals surface area contributed by atoms with Crippen LogP contribution in [0.2, 0.25) is 0 Å². The molecular formula is C35H39N5. The fourth-order valence-electron chi connectivity index (χ4n) is 4.79. The number of likely N-dealkylation sites (N-methyl/N-ethyl adjacent to an activating group) is 1. The molecular weight excluding hydrogens is 490 g/mol. The van der Waals surface area contributed by atoms with E-state index in [1.54, 1.807) is 0 Å². The van der Waals surface area contributed by atoms with E-state index in [1.807, 2.05) is 46.5 Å². The lowest BCUT2D eigenvalue weighted by atomic mass is 9.95. The Morgan fingerprint density at radius 3 is 2.45 bits per heavy atom. The molecule has 5 heteroatoms. The molecule has 0 fully saturated rings. The van der Waals surface area contributed by atoms with Gasteiger partial charge in [0.25, 0.3) is 0 Å². The molecule has 0 radical (unpaired) electrons. The minimum absolute atomic E-state index is 0.739. The average molecular weight is 530 g/mol. The van der Waals surface area contributed by atoms with Crippen molar-refractivity contribution < 1.29 is 0 Å². The standard InChI is InChI=1S/C35H39N5/c1-9-26(17-29(10-2)38-24(4)22-40(7)8)28-15-16-33(36-6)30(18-28)25(5)34-19-31-32(20-37-21-35(31)39-34)27-13-11-23(3)12-14-27/h9-21,36,38-39H,2,4-5,22H2,1,3,6-8H3/b26-9+,29-17+. The van der Waals surface area contributed by atoms with Gasteiger partial charge >= 0.3 is 0 Å². The Labute approximate surface area is 238 Å². The SMILES string of the molecule is C=C/C(=C\C(=C/C)c1ccc(NC)c(C(=C)c2cc3c(-c4ccc(C)cc4)cncc3[nH]2)c1)NC(=C)CN(C)C. The van der Waals surface area contributed by atoms with E-state index >= 15 is 0 Å². The van der Waals surface area contributed by atoms with Crippen molar-refractivity contribution in [2.75, 3.05) is 33.0 Å². The van der Waals surface area contributed by atoms with Gasteiger partial charge in [-0.25, -0.2) is 0 Å². The molecule has 0 saturated heterocycles. The lowest BCUT2D eigenvalue weighted by Crippen LogP contribution is -2.23. The third-order valence-corrected chi connectivity index (χ3v) is 6.85. The molecule has 3 N–H and O–H groups in total. The van der Waals surface area contributed by atoms with E-state index in [0.717, 1.165) is 73.6 Å². The van der Waals surface area contributed by atoms with Gasteiger partial charge in [0.1, 0.15) is 0 Å². The number of aromatic amines is 1. The molecule has 2 aromatic heterocycles. The van der Waals surface area contributed by atoms with Gasteiger partial charge in [-0.15, -0.1) is 0 Å². The summed E-state index contributed by atoms with van der Waals surface area (Å²) in [4.78, 5) is 10.1. The van der Waals surface area contributed by atoms with Gasteiger partial charge < -0.3 is 20.5 Å². The molecule has 204 valence electrons. The third-order valence-electron chi connectivity index (χ3n) is 6.85. The molecule has 40 heavy (non-hydrogen) atoms. The maximum atomic E-state index is 4.51. The number of H-pyrrole nitrogens is 1. The van der Waals surface area contributed by atoms with E-state index in [1.165, 1.54) is 5.56 Å². The summed E-state index contributed by atoms with van der Waals surface area (Å²) in [6.45, 7) is 17.5. The molecule has 0 aliphatic carbocycles. The van der Waals surface area contributed by atoms with Crippen molar-refractivity contribution in [3.8, 4) is 11.1 Å². The van der Waals surface area contributed by atoms with Gasteiger partial charge in [-0.05, 0) is 75.0 Å². The van der Waals surface area contributed by atoms with Crippen LogP contribution in [0.15, 0.2) is 110 Å². The number of nitrogens with zero attached hydrogens (tertiary/aromatic N) is 2. The summed E-state index contributed by atoms with van der Waals surface area (Å²) < 4.78 is 0. The highest BCUT2D eigenvalue weighted by molar-refractivity contribution is 5.98. The van der Waals surface area contributed by atoms with Crippen LogP contribution in [0.4, 0.5) is 5.69 Å². The van der Waals surface area contributed by atoms with Gasteiger partial charge in [-0.1, -0.05) is 61.7 Å². The molecule has 0 saturated carbocycles. The Hall–Kier alpha value is -4.61. The first-order valence-corrected chi connectivity index (χ1v) is 13.4. The Balaban J connectivity index is 1.71. The molecule has 0 amide bonds. The number of hydrogen-bond donors (Lipinski definition) is 3. The lowest BCUT2D eigenvalue weighted by molar-refractivity contribution is 0.438. The molecule has 0 unspecified atom stereocenters. The van der Waals surface area contributed by atoms with Crippen molar-refractivity contribution in [3.05, 3.63) is 133 Å². The van der Waals surface area contributed by atoms with Crippen LogP contribution in [-0.2, 0) is 0 Å². The van der Waals surface area contributed by atoms with Crippen LogP contribution in [-0.4, -0.2) is 42.6 Å². The predicted molar refractivity (Wildman–Crippen MR) is 173 cm³/mol. The van der Waals surface area contributed by atoms with E-state index in [-0.39, 0.29) is 0 Å². The van der Waals surface area contributed by atoms with Gasteiger partial charge in [-0.3, -0.25) is 4.98 Å². The molecule has 0 atom stereocenters. The van der Waals surface area contributed by atoms with Crippen molar-refractivity contribution in [1.82, 2.24) is 20.2 Å². The molecule has 2 heterocycles. The zero-order valence-electron chi connectivity index (χ0n) is 24.2. The topological polar surface area (TPSA) is 56.0 Å². The number of nitrogens with one attached hydrogen (secondary N) is 3. The zero-order chi connectivity index (χ0) is 28.8. The molecule has 0 bridgehead atoms. The summed E-state index contributed by atoms with van der Waals surface area (Å²) in [6.07, 6.45) is 9.81. The third kappa shape index (κ3) is 6.33. The van der Waals surface area contributed by atoms with Crippen molar-refractivity contribution in [1.29, 1.82) is 0 Å². The maximum Gasteiger partial charge on any atom is 0.0651 e. The van der Waals surface area contributed by atoms with E-state index < -0.39 is 0 Å². The highest BCUT2D eigenvalue weighted by Crippen LogP contribution is 2.35. The molecule has 0 aliphatic heterocycles. The normalized spacial score (nSPS) is 12.1. The van der Waals surface area contributed by atoms with Gasteiger partial charge in [0.2, 0.25) is 0 Å². The molecule has 5 nitrogen and oxygen atoms in total. The Morgan fingerprint density at radius 2 is 1.80 bits per heavy atom. The van der Waals surface area contributed by atoms with E-state index in [4.69, 9.17) is 0 Å². The molecule has 0 aliphatic rings. The molecule has 4 aromatic rings. The number of aromatic nitrogens is 2. The number of hydrogen-bond acceptors (Lipinski definition) is 4. The first kappa shape index (κ1) is 28.4. The smallest absolute Gasteiger partial charge is 0.0651 e. The van der Waals surface area contributed by atoms with Crippen molar-refractivity contribution in [3.63, 3.8) is 0 Å². The van der Waals surface area contributed by atoms with Crippen LogP contribution in [0.3, 0.4) is 0 Å². The summed E-state index contributed by atoms with van der Waals surface area (Å²) in [6, 6.07) is 17.1. The van der Waals surface area contributed by atoms with E-state index in [0.29, 0.717) is 0 Å². The van der Waals surface area contributed by atoms with Gasteiger partial charge in [0.15, 0.2) is 0 Å². The molecule has 2 aromatic carbocycles. The van der Waals surface area contributed by atoms with Crippen LogP contribution in [0.25, 0.3) is 33.2 Å². The summed E-state index contributed by atoms with van der Waals surface area (Å²) in [7, 11) is 5.97. The summed E-state index contributed by atoms with van der Waals surface area (Å²) >= 11 is 0. The van der Waals surface area contributed by atoms with Gasteiger partial charge in [0, 0.05) is 64.7 Å². The second kappa shape index (κ2) is 12.5. The van der Waals surface area contributed by atoms with Crippen LogP contribution in [0.1, 0.15) is 29.3 Å². The summed E-state index contributed by atoms with van der Waals surface area (Å²) in [5.74, 6) is 0. The molecule has 4 rings (SSSR count). The van der Waals surface area contributed by atoms with Crippen LogP contribution >= 0.6 is 0 Å². The average Bonchev–Trinajstić information content (AvgIpc) is 3.39. The number of anilines is 1. The second-order valence-corrected chi connectivity index (χ2v) is 10.2. The maximum absolute atomic E-state index is 4.51. The van der Waals surface area contributed by atoms with Crippen LogP contribution < -0.4 is 10.6 Å². The fourth-order valence-corrected chi connectivity index (χ4v) is 4.79. The van der Waals surface area contributed by atoms with Crippen molar-refractivity contribution >= 4 is 27.7 Å². The lowest BCUT2D eigenvalue weighted by Gasteiger charge is -2.16. The first-order chi connectivity index (χ1) is 19.2. The predicted octanol–water partition coefficient (Wildman–Crippen LogP) is 7.78. The number of rotatable bonds is 11. The number of aryl methyl sites for hydroxylation is 1. The largest absolute Gasteiger partial charge is 0.388 e. The fraction of sp³-hybridized carbons (Fsp3) is 0.171. The number of benzene rings is 2. The van der Waals surface area contributed by atoms with Crippen LogP contribution in [0, 0.1) is 6.92 Å². The zero-order valence-corrected chi connectivity index (χ0v) is 24.2. The summed E-state index contributed by atoms with van der Waals surface area (Å²) in [5.41, 5.74) is 12.3. The second-order valence-electron chi connectivity index (χ2n) is 10.2. The number of allylic oxidation sites excluding steroid dienone is 4. The van der Waals surface area contributed by atoms with Gasteiger partial charge in [0.05, 0.1) is 11.7 Å². The monoisotopic (exact) mass is 529 g/mol. The quantitative estimate of drug-likeness (QED) is 0.174. The highest BCUT2D eigenvalue weighted by atomic mass is 15.1. The van der Waals surface area contributed by atoms with Gasteiger partial charge in [-0.2, -0.15) is 0 Å². The number of fused-ring (bicyclic) bond motifs is 1. The Kier molecular flexibility index (Phi) is 8.87. The highest BCUT2D eigenvalue weighted by Gasteiger charge is 2.15. The summed E-state index contributed by atoms with van der Waals surface area (Å²) in [5, 5.41) is 7.84. The minimum Gasteiger partial charge on any atom is -0.388 e. The van der Waals surface area contributed by atoms with E-state index in [9.17, 15) is 0 Å².